The lowest BCUT2D eigenvalue weighted by atomic mass is 9.81. The van der Waals surface area contributed by atoms with Crippen molar-refractivity contribution in [2.24, 2.45) is 11.8 Å². The average molecular weight is 471 g/mol. The van der Waals surface area contributed by atoms with Gasteiger partial charge in [-0.05, 0) is 61.1 Å². The highest BCUT2D eigenvalue weighted by Gasteiger charge is 2.29. The van der Waals surface area contributed by atoms with Crippen LogP contribution in [0, 0.1) is 11.8 Å². The monoisotopic (exact) mass is 470 g/mol. The molecular weight excluding hydrogens is 436 g/mol. The van der Waals surface area contributed by atoms with Crippen molar-refractivity contribution in [1.82, 2.24) is 10.6 Å². The first-order chi connectivity index (χ1) is 16.5. The summed E-state index contributed by atoms with van der Waals surface area (Å²) in [4.78, 5) is 25.3. The molecule has 8 nitrogen and oxygen atoms in total. The van der Waals surface area contributed by atoms with Crippen LogP contribution in [0.3, 0.4) is 0 Å². The summed E-state index contributed by atoms with van der Waals surface area (Å²) in [5, 5.41) is 6.02. The number of benzene rings is 2. The second kappa shape index (κ2) is 12.2. The third-order valence-corrected chi connectivity index (χ3v) is 6.30. The predicted octanol–water partition coefficient (Wildman–Crippen LogP) is 3.46. The second-order valence-electron chi connectivity index (χ2n) is 8.36. The van der Waals surface area contributed by atoms with E-state index in [0.29, 0.717) is 61.8 Å². The Bertz CT molecular complexity index is 906. The minimum atomic E-state index is -0.0740. The Balaban J connectivity index is 1.43. The zero-order chi connectivity index (χ0) is 24.5. The highest BCUT2D eigenvalue weighted by Crippen LogP contribution is 2.31. The number of rotatable bonds is 10. The standard InChI is InChI=1S/C26H34N2O6/c1-31-21-11-5-17(13-23(21)33-3)15-27-25(29)19-7-9-20(10-8-19)26(30)28-16-18-6-12-22(32-2)24(14-18)34-4/h5-6,11-14,19-20H,7-10,15-16H2,1-4H3,(H,27,29)(H,28,30). The summed E-state index contributed by atoms with van der Waals surface area (Å²) in [5.74, 6) is 2.48. The van der Waals surface area contributed by atoms with Crippen molar-refractivity contribution >= 4 is 11.8 Å². The molecule has 184 valence electrons. The maximum absolute atomic E-state index is 12.7. The molecule has 0 aliphatic heterocycles. The van der Waals surface area contributed by atoms with Gasteiger partial charge in [-0.3, -0.25) is 9.59 Å². The molecular formula is C26H34N2O6. The normalized spacial score (nSPS) is 17.4. The van der Waals surface area contributed by atoms with Crippen molar-refractivity contribution in [3.8, 4) is 23.0 Å². The van der Waals surface area contributed by atoms with Gasteiger partial charge in [0.2, 0.25) is 11.8 Å². The number of carbonyl (C=O) groups excluding carboxylic acids is 2. The van der Waals surface area contributed by atoms with Gasteiger partial charge in [-0.1, -0.05) is 12.1 Å². The van der Waals surface area contributed by atoms with Crippen molar-refractivity contribution in [1.29, 1.82) is 0 Å². The van der Waals surface area contributed by atoms with Gasteiger partial charge in [0, 0.05) is 24.9 Å². The molecule has 2 aromatic carbocycles. The molecule has 8 heteroatoms. The summed E-state index contributed by atoms with van der Waals surface area (Å²) < 4.78 is 21.1. The quantitative estimate of drug-likeness (QED) is 0.552. The Morgan fingerprint density at radius 2 is 1.00 bits per heavy atom. The molecule has 1 aliphatic rings. The number of carbonyl (C=O) groups is 2. The van der Waals surface area contributed by atoms with Gasteiger partial charge >= 0.3 is 0 Å². The van der Waals surface area contributed by atoms with Crippen molar-refractivity contribution in [3.05, 3.63) is 47.5 Å². The fourth-order valence-corrected chi connectivity index (χ4v) is 4.27. The fourth-order valence-electron chi connectivity index (χ4n) is 4.27. The number of hydrogen-bond acceptors (Lipinski definition) is 6. The van der Waals surface area contributed by atoms with E-state index in [2.05, 4.69) is 10.6 Å². The summed E-state index contributed by atoms with van der Waals surface area (Å²) in [6.07, 6.45) is 2.80. The van der Waals surface area contributed by atoms with Gasteiger partial charge in [-0.15, -0.1) is 0 Å². The molecule has 2 N–H and O–H groups in total. The van der Waals surface area contributed by atoms with Gasteiger partial charge in [-0.2, -0.15) is 0 Å². The molecule has 2 amide bonds. The van der Waals surface area contributed by atoms with Crippen LogP contribution in [0.15, 0.2) is 36.4 Å². The molecule has 1 fully saturated rings. The SMILES string of the molecule is COc1ccc(CNC(=O)C2CCC(C(=O)NCc3ccc(OC)c(OC)c3)CC2)cc1OC. The van der Waals surface area contributed by atoms with E-state index < -0.39 is 0 Å². The number of ether oxygens (including phenoxy) is 4. The average Bonchev–Trinajstić information content (AvgIpc) is 2.89. The van der Waals surface area contributed by atoms with Gasteiger partial charge in [0.1, 0.15) is 0 Å². The summed E-state index contributed by atoms with van der Waals surface area (Å²) in [6.45, 7) is 0.843. The molecule has 2 aromatic rings. The molecule has 0 spiro atoms. The minimum Gasteiger partial charge on any atom is -0.493 e. The van der Waals surface area contributed by atoms with Gasteiger partial charge in [0.05, 0.1) is 28.4 Å². The van der Waals surface area contributed by atoms with Crippen LogP contribution in [-0.4, -0.2) is 40.3 Å². The number of amides is 2. The number of hydrogen-bond donors (Lipinski definition) is 2. The molecule has 0 aromatic heterocycles. The molecule has 0 saturated heterocycles. The van der Waals surface area contributed by atoms with Crippen LogP contribution < -0.4 is 29.6 Å². The Hall–Kier alpha value is -3.42. The van der Waals surface area contributed by atoms with Crippen LogP contribution in [0.4, 0.5) is 0 Å². The molecule has 1 saturated carbocycles. The van der Waals surface area contributed by atoms with Crippen LogP contribution in [0.5, 0.6) is 23.0 Å². The van der Waals surface area contributed by atoms with Crippen molar-refractivity contribution in [2.75, 3.05) is 28.4 Å². The first kappa shape index (κ1) is 25.2. The molecule has 1 aliphatic carbocycles. The maximum atomic E-state index is 12.7. The lowest BCUT2D eigenvalue weighted by Gasteiger charge is -2.27. The lowest BCUT2D eigenvalue weighted by molar-refractivity contribution is -0.130. The molecule has 0 atom stereocenters. The van der Waals surface area contributed by atoms with Crippen molar-refractivity contribution in [3.63, 3.8) is 0 Å². The zero-order valence-corrected chi connectivity index (χ0v) is 20.3. The van der Waals surface area contributed by atoms with E-state index in [1.54, 1.807) is 28.4 Å². The van der Waals surface area contributed by atoms with E-state index >= 15 is 0 Å². The van der Waals surface area contributed by atoms with Crippen LogP contribution in [-0.2, 0) is 22.7 Å². The third-order valence-electron chi connectivity index (χ3n) is 6.30. The van der Waals surface area contributed by atoms with Crippen LogP contribution in [0.2, 0.25) is 0 Å². The summed E-state index contributed by atoms with van der Waals surface area (Å²) in [5.41, 5.74) is 1.88. The van der Waals surface area contributed by atoms with Crippen LogP contribution in [0.1, 0.15) is 36.8 Å². The third kappa shape index (κ3) is 6.34. The van der Waals surface area contributed by atoms with Crippen LogP contribution >= 0.6 is 0 Å². The van der Waals surface area contributed by atoms with Gasteiger partial charge in [-0.25, -0.2) is 0 Å². The van der Waals surface area contributed by atoms with Crippen LogP contribution in [0.25, 0.3) is 0 Å². The molecule has 34 heavy (non-hydrogen) atoms. The first-order valence-electron chi connectivity index (χ1n) is 11.5. The van der Waals surface area contributed by atoms with Gasteiger partial charge < -0.3 is 29.6 Å². The van der Waals surface area contributed by atoms with Gasteiger partial charge in [0.25, 0.3) is 0 Å². The smallest absolute Gasteiger partial charge is 0.223 e. The van der Waals surface area contributed by atoms with E-state index in [9.17, 15) is 9.59 Å². The van der Waals surface area contributed by atoms with E-state index in [4.69, 9.17) is 18.9 Å². The molecule has 0 heterocycles. The summed E-state index contributed by atoms with van der Waals surface area (Å²) in [7, 11) is 6.35. The highest BCUT2D eigenvalue weighted by atomic mass is 16.5. The minimum absolute atomic E-state index is 0.0268. The second-order valence-corrected chi connectivity index (χ2v) is 8.36. The Labute approximate surface area is 200 Å². The van der Waals surface area contributed by atoms with Gasteiger partial charge in [0.15, 0.2) is 23.0 Å². The lowest BCUT2D eigenvalue weighted by Crippen LogP contribution is -2.37. The summed E-state index contributed by atoms with van der Waals surface area (Å²) in [6, 6.07) is 11.2. The van der Waals surface area contributed by atoms with Crippen molar-refractivity contribution < 1.29 is 28.5 Å². The maximum Gasteiger partial charge on any atom is 0.223 e. The van der Waals surface area contributed by atoms with E-state index in [1.807, 2.05) is 36.4 Å². The largest absolute Gasteiger partial charge is 0.493 e. The fraction of sp³-hybridized carbons (Fsp3) is 0.462. The topological polar surface area (TPSA) is 95.1 Å². The molecule has 3 rings (SSSR count). The first-order valence-corrected chi connectivity index (χ1v) is 11.5. The summed E-state index contributed by atoms with van der Waals surface area (Å²) >= 11 is 0. The van der Waals surface area contributed by atoms with E-state index in [1.165, 1.54) is 0 Å². The Morgan fingerprint density at radius 1 is 0.647 bits per heavy atom. The number of nitrogens with one attached hydrogen (secondary N) is 2. The van der Waals surface area contributed by atoms with Crippen molar-refractivity contribution in [2.45, 2.75) is 38.8 Å². The predicted molar refractivity (Wildman–Crippen MR) is 128 cm³/mol. The van der Waals surface area contributed by atoms with E-state index in [0.717, 1.165) is 11.1 Å². The molecule has 0 radical (unpaired) electrons. The highest BCUT2D eigenvalue weighted by molar-refractivity contribution is 5.81. The van der Waals surface area contributed by atoms with E-state index in [-0.39, 0.29) is 23.7 Å². The Kier molecular flexibility index (Phi) is 9.01. The molecule has 0 unspecified atom stereocenters. The molecule has 0 bridgehead atoms. The number of methoxy groups -OCH3 is 4. The Morgan fingerprint density at radius 3 is 1.32 bits per heavy atom. The zero-order valence-electron chi connectivity index (χ0n) is 20.3.